The zero-order valence-corrected chi connectivity index (χ0v) is 9.46. The molecule has 19 heavy (non-hydrogen) atoms. The normalized spacial score (nSPS) is 41.5. The fourth-order valence-corrected chi connectivity index (χ4v) is 2.36. The Hall–Kier alpha value is -1.84. The molecule has 10 nitrogen and oxygen atoms in total. The molecule has 0 spiro atoms. The second kappa shape index (κ2) is 4.08. The van der Waals surface area contributed by atoms with E-state index in [1.807, 2.05) is 5.32 Å². The van der Waals surface area contributed by atoms with Crippen LogP contribution in [-0.4, -0.2) is 74.9 Å². The van der Waals surface area contributed by atoms with Crippen LogP contribution in [0.2, 0.25) is 0 Å². The quantitative estimate of drug-likeness (QED) is 0.316. The van der Waals surface area contributed by atoms with Crippen molar-refractivity contribution in [2.24, 2.45) is 0 Å². The number of urea groups is 1. The van der Waals surface area contributed by atoms with Crippen molar-refractivity contribution in [2.45, 2.75) is 30.8 Å². The number of hydrogen-bond donors (Lipinski definition) is 3. The Kier molecular flexibility index (Phi) is 2.62. The third-order valence-corrected chi connectivity index (χ3v) is 3.31. The lowest BCUT2D eigenvalue weighted by molar-refractivity contribution is -0.135. The van der Waals surface area contributed by atoms with Crippen LogP contribution in [0.25, 0.3) is 5.53 Å². The van der Waals surface area contributed by atoms with Gasteiger partial charge < -0.3 is 25.2 Å². The van der Waals surface area contributed by atoms with Gasteiger partial charge >= 0.3 is 17.6 Å². The molecule has 0 saturated carbocycles. The average molecular weight is 270 g/mol. The summed E-state index contributed by atoms with van der Waals surface area (Å²) >= 11 is 0. The molecule has 0 aliphatic carbocycles. The van der Waals surface area contributed by atoms with Gasteiger partial charge in [0.1, 0.15) is 18.3 Å². The van der Waals surface area contributed by atoms with Crippen LogP contribution in [0.15, 0.2) is 0 Å². The molecule has 0 radical (unpaired) electrons. The molecule has 0 aromatic rings. The monoisotopic (exact) mass is 270 g/mol. The summed E-state index contributed by atoms with van der Waals surface area (Å²) in [5.41, 5.74) is 8.40. The van der Waals surface area contributed by atoms with Crippen LogP contribution < -0.4 is 5.32 Å². The number of nitrogens with zero attached hydrogens (tertiary/aromatic N) is 3. The fraction of sp³-hybridized carbons (Fsp3) is 0.667. The van der Waals surface area contributed by atoms with E-state index < -0.39 is 48.4 Å². The minimum absolute atomic E-state index is 0.157. The van der Waals surface area contributed by atoms with Gasteiger partial charge in [0.15, 0.2) is 6.23 Å². The number of rotatable bonds is 0. The molecule has 5 atom stereocenters. The van der Waals surface area contributed by atoms with E-state index in [2.05, 4.69) is 4.79 Å². The first-order valence-electron chi connectivity index (χ1n) is 5.53. The van der Waals surface area contributed by atoms with Crippen molar-refractivity contribution in [2.75, 3.05) is 6.61 Å². The zero-order valence-electron chi connectivity index (χ0n) is 9.46. The molecule has 0 aromatic carbocycles. The van der Waals surface area contributed by atoms with Crippen LogP contribution in [0.4, 0.5) is 4.79 Å². The summed E-state index contributed by atoms with van der Waals surface area (Å²) in [6, 6.07) is -0.860. The second-order valence-electron chi connectivity index (χ2n) is 4.38. The molecule has 3 amide bonds. The summed E-state index contributed by atoms with van der Waals surface area (Å²) in [6.07, 6.45) is -5.81. The van der Waals surface area contributed by atoms with Gasteiger partial charge in [-0.05, 0) is 0 Å². The number of imide groups is 1. The number of fused-ring (bicyclic) bond motifs is 4. The van der Waals surface area contributed by atoms with E-state index in [0.29, 0.717) is 0 Å². The third kappa shape index (κ3) is 1.59. The third-order valence-electron chi connectivity index (χ3n) is 3.31. The predicted octanol–water partition coefficient (Wildman–Crippen LogP) is -2.99. The highest BCUT2D eigenvalue weighted by molar-refractivity contribution is 6.42. The van der Waals surface area contributed by atoms with Crippen LogP contribution in [0.1, 0.15) is 0 Å². The molecule has 102 valence electrons. The van der Waals surface area contributed by atoms with E-state index in [9.17, 15) is 19.8 Å². The van der Waals surface area contributed by atoms with Gasteiger partial charge in [-0.3, -0.25) is 15.0 Å². The van der Waals surface area contributed by atoms with Gasteiger partial charge in [0, 0.05) is 0 Å². The maximum absolute atomic E-state index is 11.8. The van der Waals surface area contributed by atoms with Crippen molar-refractivity contribution in [3.8, 4) is 0 Å². The Balaban J connectivity index is 2.02. The molecule has 10 heteroatoms. The smallest absolute Gasteiger partial charge is 0.387 e. The number of amides is 3. The van der Waals surface area contributed by atoms with Gasteiger partial charge in [-0.25, -0.2) is 4.79 Å². The van der Waals surface area contributed by atoms with E-state index in [-0.39, 0.29) is 6.61 Å². The van der Waals surface area contributed by atoms with Crippen molar-refractivity contribution in [1.82, 2.24) is 10.2 Å². The maximum Gasteiger partial charge on any atom is 0.405 e. The highest BCUT2D eigenvalue weighted by Gasteiger charge is 2.58. The molecular weight excluding hydrogens is 260 g/mol. The highest BCUT2D eigenvalue weighted by Crippen LogP contribution is 2.31. The van der Waals surface area contributed by atoms with E-state index in [1.165, 1.54) is 0 Å². The van der Waals surface area contributed by atoms with Crippen LogP contribution in [0.3, 0.4) is 0 Å². The summed E-state index contributed by atoms with van der Waals surface area (Å²) in [6.45, 7) is -0.157. The number of aliphatic hydroxyl groups excluding tert-OH is 2. The van der Waals surface area contributed by atoms with Gasteiger partial charge in [-0.2, -0.15) is 4.79 Å². The summed E-state index contributed by atoms with van der Waals surface area (Å²) in [5, 5.41) is 21.4. The van der Waals surface area contributed by atoms with Gasteiger partial charge in [0.25, 0.3) is 0 Å². The van der Waals surface area contributed by atoms with Gasteiger partial charge in [0.05, 0.1) is 6.61 Å². The molecule has 2 bridgehead atoms. The van der Waals surface area contributed by atoms with E-state index in [1.54, 1.807) is 0 Å². The summed E-state index contributed by atoms with van der Waals surface area (Å²) in [5.74, 6) is -0.887. The average Bonchev–Trinajstić information content (AvgIpc) is 2.56. The van der Waals surface area contributed by atoms with Crippen molar-refractivity contribution in [3.63, 3.8) is 0 Å². The topological polar surface area (TPSA) is 145 Å². The molecule has 3 N–H and O–H groups in total. The number of nitrogens with one attached hydrogen (secondary N) is 1. The first kappa shape index (κ1) is 12.2. The number of aliphatic hydroxyl groups is 2. The Bertz CT molecular complexity index is 503. The van der Waals surface area contributed by atoms with Crippen LogP contribution in [0, 0.1) is 0 Å². The fourth-order valence-electron chi connectivity index (χ4n) is 2.36. The standard InChI is InChI=1S/C9H10N4O6/c10-12-3-6(16)11-9(17)13-7(3)18-1-2-4(14)5(15)8(13)19-2/h2,4-5,7-8,14-15H,1H2,(H,11,16,17)/t2-,4+,5+,7-,8-/m0/s1. The van der Waals surface area contributed by atoms with E-state index >= 15 is 0 Å². The molecule has 0 unspecified atom stereocenters. The first-order valence-corrected chi connectivity index (χ1v) is 5.53. The molecule has 3 rings (SSSR count). The first-order chi connectivity index (χ1) is 9.04. The van der Waals surface area contributed by atoms with E-state index in [0.717, 1.165) is 4.90 Å². The summed E-state index contributed by atoms with van der Waals surface area (Å²) in [4.78, 5) is 27.0. The second-order valence-corrected chi connectivity index (χ2v) is 4.38. The Labute approximate surface area is 106 Å². The largest absolute Gasteiger partial charge is 0.405 e. The number of ether oxygens (including phenoxy) is 2. The molecule has 3 saturated heterocycles. The minimum Gasteiger partial charge on any atom is -0.387 e. The number of carbonyl (C=O) groups excluding carboxylic acids is 2. The molecule has 3 fully saturated rings. The Morgan fingerprint density at radius 3 is 2.79 bits per heavy atom. The zero-order chi connectivity index (χ0) is 13.7. The minimum atomic E-state index is -1.34. The molecule has 3 heterocycles. The molecule has 3 aliphatic rings. The van der Waals surface area contributed by atoms with Gasteiger partial charge in [0.2, 0.25) is 6.23 Å². The van der Waals surface area contributed by atoms with Gasteiger partial charge in [-0.1, -0.05) is 0 Å². The molecule has 0 aromatic heterocycles. The predicted molar refractivity (Wildman–Crippen MR) is 54.4 cm³/mol. The molecular formula is C9H10N4O6. The summed E-state index contributed by atoms with van der Waals surface area (Å²) < 4.78 is 10.6. The van der Waals surface area contributed by atoms with E-state index in [4.69, 9.17) is 15.0 Å². The SMILES string of the molecule is [N-]=[N+]=C1C(=O)NC(=O)N2[C@H]1OC[C@@H]1O[C@H]2[C@H](O)[C@@H]1O. The van der Waals surface area contributed by atoms with Crippen LogP contribution in [-0.2, 0) is 14.3 Å². The lowest BCUT2D eigenvalue weighted by Gasteiger charge is -2.35. The Morgan fingerprint density at radius 2 is 2.11 bits per heavy atom. The highest BCUT2D eigenvalue weighted by atomic mass is 16.6. The lowest BCUT2D eigenvalue weighted by atomic mass is 10.1. The van der Waals surface area contributed by atoms with Crippen LogP contribution in [0.5, 0.6) is 0 Å². The lowest BCUT2D eigenvalue weighted by Crippen LogP contribution is -2.66. The molecule has 3 aliphatic heterocycles. The van der Waals surface area contributed by atoms with Crippen molar-refractivity contribution in [1.29, 1.82) is 0 Å². The van der Waals surface area contributed by atoms with Crippen molar-refractivity contribution < 1.29 is 34.1 Å². The van der Waals surface area contributed by atoms with Gasteiger partial charge in [-0.15, -0.1) is 0 Å². The number of carbonyl (C=O) groups is 2. The van der Waals surface area contributed by atoms with Crippen LogP contribution >= 0.6 is 0 Å². The maximum atomic E-state index is 11.8. The summed E-state index contributed by atoms with van der Waals surface area (Å²) in [7, 11) is 0. The van der Waals surface area contributed by atoms with Crippen molar-refractivity contribution >= 4 is 17.6 Å². The number of hydrogen-bond acceptors (Lipinski definition) is 6. The van der Waals surface area contributed by atoms with Crippen molar-refractivity contribution in [3.05, 3.63) is 5.53 Å². The Morgan fingerprint density at radius 1 is 1.37 bits per heavy atom.